The summed E-state index contributed by atoms with van der Waals surface area (Å²) < 4.78 is 15.6. The first-order valence-corrected chi connectivity index (χ1v) is 6.02. The molecule has 0 fully saturated rings. The Balaban J connectivity index is 3.07. The van der Waals surface area contributed by atoms with Crippen LogP contribution < -0.4 is 14.2 Å². The van der Waals surface area contributed by atoms with Gasteiger partial charge in [0, 0.05) is 11.6 Å². The number of allylic oxidation sites excluding steroid dienone is 1. The smallest absolute Gasteiger partial charge is 0.164 e. The normalized spacial score (nSPS) is 10.4. The second-order valence-corrected chi connectivity index (χ2v) is 4.13. The van der Waals surface area contributed by atoms with Gasteiger partial charge >= 0.3 is 0 Å². The highest BCUT2D eigenvalue weighted by atomic mass is 16.5. The molecule has 1 rings (SSSR count). The van der Waals surface area contributed by atoms with Crippen molar-refractivity contribution in [2.75, 3.05) is 21.3 Å². The summed E-state index contributed by atoms with van der Waals surface area (Å²) in [4.78, 5) is 22.4. The van der Waals surface area contributed by atoms with Crippen LogP contribution in [-0.2, 0) is 9.59 Å². The minimum Gasteiger partial charge on any atom is -0.496 e. The average Bonchev–Trinajstić information content (AvgIpc) is 2.43. The molecule has 1 aromatic rings. The van der Waals surface area contributed by atoms with E-state index in [1.165, 1.54) is 34.3 Å². The highest BCUT2D eigenvalue weighted by molar-refractivity contribution is 6.05. The van der Waals surface area contributed by atoms with E-state index in [0.717, 1.165) is 0 Å². The van der Waals surface area contributed by atoms with Crippen LogP contribution in [-0.4, -0.2) is 32.9 Å². The van der Waals surface area contributed by atoms with Gasteiger partial charge in [-0.05, 0) is 25.1 Å². The summed E-state index contributed by atoms with van der Waals surface area (Å²) in [5, 5.41) is 0. The van der Waals surface area contributed by atoms with E-state index in [4.69, 9.17) is 14.2 Å². The fraction of sp³-hybridized carbons (Fsp3) is 0.333. The third kappa shape index (κ3) is 4.12. The molecule has 0 aliphatic carbocycles. The maximum Gasteiger partial charge on any atom is 0.164 e. The first kappa shape index (κ1) is 15.8. The molecule has 1 aromatic carbocycles. The number of Topliss-reactive ketones (excluding diaryl/α,β-unsaturated/α-hetero) is 1. The molecule has 5 nitrogen and oxygen atoms in total. The van der Waals surface area contributed by atoms with E-state index < -0.39 is 0 Å². The third-order valence-corrected chi connectivity index (χ3v) is 2.61. The molecule has 5 heteroatoms. The van der Waals surface area contributed by atoms with Crippen LogP contribution in [0.5, 0.6) is 17.2 Å². The fourth-order valence-electron chi connectivity index (χ4n) is 1.67. The summed E-state index contributed by atoms with van der Waals surface area (Å²) in [5.41, 5.74) is 0.669. The topological polar surface area (TPSA) is 61.8 Å². The summed E-state index contributed by atoms with van der Waals surface area (Å²) >= 11 is 0. The molecule has 20 heavy (non-hydrogen) atoms. The van der Waals surface area contributed by atoms with Crippen LogP contribution in [0.15, 0.2) is 18.2 Å². The van der Waals surface area contributed by atoms with Crippen molar-refractivity contribution in [1.29, 1.82) is 0 Å². The Hall–Kier alpha value is -2.30. The molecule has 0 aliphatic rings. The lowest BCUT2D eigenvalue weighted by molar-refractivity contribution is -0.123. The summed E-state index contributed by atoms with van der Waals surface area (Å²) in [5.74, 6) is 1.20. The molecule has 0 saturated carbocycles. The zero-order chi connectivity index (χ0) is 15.1. The molecule has 0 saturated heterocycles. The molecule has 0 atom stereocenters. The molecular formula is C15H18O5. The van der Waals surface area contributed by atoms with Gasteiger partial charge in [-0.2, -0.15) is 0 Å². The second-order valence-electron chi connectivity index (χ2n) is 4.13. The standard InChI is InChI=1S/C15H18O5/c1-10(16)7-12(17)6-5-11-8-14(19-3)15(20-4)9-13(11)18-2/h5-6,8-9H,7H2,1-4H3. The summed E-state index contributed by atoms with van der Waals surface area (Å²) in [6.45, 7) is 1.38. The van der Waals surface area contributed by atoms with Crippen LogP contribution >= 0.6 is 0 Å². The first-order valence-electron chi connectivity index (χ1n) is 6.02. The molecule has 0 N–H and O–H groups in total. The van der Waals surface area contributed by atoms with Crippen molar-refractivity contribution in [1.82, 2.24) is 0 Å². The fourth-order valence-corrected chi connectivity index (χ4v) is 1.67. The van der Waals surface area contributed by atoms with Crippen LogP contribution in [0.3, 0.4) is 0 Å². The summed E-state index contributed by atoms with van der Waals surface area (Å²) in [6, 6.07) is 3.38. The van der Waals surface area contributed by atoms with Gasteiger partial charge in [0.15, 0.2) is 17.3 Å². The zero-order valence-corrected chi connectivity index (χ0v) is 12.1. The second kappa shape index (κ2) is 7.33. The molecule has 0 radical (unpaired) electrons. The molecule has 0 aromatic heterocycles. The monoisotopic (exact) mass is 278 g/mol. The molecule has 108 valence electrons. The molecule has 0 bridgehead atoms. The van der Waals surface area contributed by atoms with Gasteiger partial charge in [0.05, 0.1) is 27.8 Å². The predicted octanol–water partition coefficient (Wildman–Crippen LogP) is 2.27. The Bertz CT molecular complexity index is 531. The number of rotatable bonds is 7. The number of methoxy groups -OCH3 is 3. The summed E-state index contributed by atoms with van der Waals surface area (Å²) in [7, 11) is 4.58. The van der Waals surface area contributed by atoms with E-state index in [1.807, 2.05) is 0 Å². The minimum atomic E-state index is -0.255. The molecule has 0 aliphatic heterocycles. The van der Waals surface area contributed by atoms with Gasteiger partial charge in [0.25, 0.3) is 0 Å². The van der Waals surface area contributed by atoms with Gasteiger partial charge < -0.3 is 14.2 Å². The van der Waals surface area contributed by atoms with Crippen LogP contribution in [0.1, 0.15) is 18.9 Å². The molecule has 0 heterocycles. The van der Waals surface area contributed by atoms with Crippen LogP contribution in [0.25, 0.3) is 6.08 Å². The highest BCUT2D eigenvalue weighted by Gasteiger charge is 2.10. The molecular weight excluding hydrogens is 260 g/mol. The van der Waals surface area contributed by atoms with Gasteiger partial charge in [-0.1, -0.05) is 0 Å². The quantitative estimate of drug-likeness (QED) is 0.565. The number of carbonyl (C=O) groups is 2. The van der Waals surface area contributed by atoms with Crippen LogP contribution in [0.4, 0.5) is 0 Å². The van der Waals surface area contributed by atoms with Crippen molar-refractivity contribution in [3.8, 4) is 17.2 Å². The SMILES string of the molecule is COc1cc(OC)c(OC)cc1C=CC(=O)CC(C)=O. The van der Waals surface area contributed by atoms with E-state index in [1.54, 1.807) is 18.2 Å². The molecule has 0 unspecified atom stereocenters. The summed E-state index contributed by atoms with van der Waals surface area (Å²) in [6.07, 6.45) is 2.84. The Labute approximate surface area is 118 Å². The van der Waals surface area contributed by atoms with Gasteiger partial charge in [0.1, 0.15) is 11.5 Å². The maximum absolute atomic E-state index is 11.5. The number of ether oxygens (including phenoxy) is 3. The van der Waals surface area contributed by atoms with E-state index in [9.17, 15) is 9.59 Å². The Morgan fingerprint density at radius 2 is 1.55 bits per heavy atom. The molecule has 0 spiro atoms. The van der Waals surface area contributed by atoms with E-state index in [-0.39, 0.29) is 18.0 Å². The minimum absolute atomic E-state index is 0.105. The maximum atomic E-state index is 11.5. The number of ketones is 2. The van der Waals surface area contributed by atoms with Crippen LogP contribution in [0, 0.1) is 0 Å². The first-order chi connectivity index (χ1) is 9.51. The highest BCUT2D eigenvalue weighted by Crippen LogP contribution is 2.35. The van der Waals surface area contributed by atoms with Crippen molar-refractivity contribution < 1.29 is 23.8 Å². The number of benzene rings is 1. The van der Waals surface area contributed by atoms with E-state index >= 15 is 0 Å². The van der Waals surface area contributed by atoms with Crippen molar-refractivity contribution >= 4 is 17.6 Å². The largest absolute Gasteiger partial charge is 0.496 e. The van der Waals surface area contributed by atoms with Crippen LogP contribution in [0.2, 0.25) is 0 Å². The lowest BCUT2D eigenvalue weighted by atomic mass is 10.1. The van der Waals surface area contributed by atoms with Crippen molar-refractivity contribution in [2.24, 2.45) is 0 Å². The van der Waals surface area contributed by atoms with E-state index in [0.29, 0.717) is 22.8 Å². The van der Waals surface area contributed by atoms with Crippen molar-refractivity contribution in [2.45, 2.75) is 13.3 Å². The Morgan fingerprint density at radius 1 is 1.00 bits per heavy atom. The number of hydrogen-bond acceptors (Lipinski definition) is 5. The zero-order valence-electron chi connectivity index (χ0n) is 12.1. The van der Waals surface area contributed by atoms with Crippen molar-refractivity contribution in [3.05, 3.63) is 23.8 Å². The number of hydrogen-bond donors (Lipinski definition) is 0. The lowest BCUT2D eigenvalue weighted by Gasteiger charge is -2.12. The Morgan fingerprint density at radius 3 is 2.05 bits per heavy atom. The van der Waals surface area contributed by atoms with Gasteiger partial charge in [-0.25, -0.2) is 0 Å². The van der Waals surface area contributed by atoms with Gasteiger partial charge in [0.2, 0.25) is 0 Å². The Kier molecular flexibility index (Phi) is 5.77. The third-order valence-electron chi connectivity index (χ3n) is 2.61. The van der Waals surface area contributed by atoms with E-state index in [2.05, 4.69) is 0 Å². The lowest BCUT2D eigenvalue weighted by Crippen LogP contribution is -2.00. The number of carbonyl (C=O) groups excluding carboxylic acids is 2. The van der Waals surface area contributed by atoms with Crippen molar-refractivity contribution in [3.63, 3.8) is 0 Å². The van der Waals surface area contributed by atoms with Gasteiger partial charge in [-0.15, -0.1) is 0 Å². The average molecular weight is 278 g/mol. The molecule has 0 amide bonds. The predicted molar refractivity (Wildman–Crippen MR) is 75.4 cm³/mol. The van der Waals surface area contributed by atoms with Gasteiger partial charge in [-0.3, -0.25) is 9.59 Å².